The molecule has 1 spiro atoms. The molecule has 0 bridgehead atoms. The maximum absolute atomic E-state index is 11.3. The Balaban J connectivity index is 0.00000192. The number of nitrogens with zero attached hydrogens (tertiary/aromatic N) is 1. The van der Waals surface area contributed by atoms with Gasteiger partial charge in [-0.15, -0.1) is 12.4 Å². The van der Waals surface area contributed by atoms with Crippen molar-refractivity contribution < 1.29 is 13.2 Å². The SMILES string of the molecule is COc1cccc(CN2CCC3(CC(NS(C)(=O)=O)C3)C2)c1.Cl. The first-order chi connectivity index (χ1) is 10.4. The van der Waals surface area contributed by atoms with E-state index in [2.05, 4.69) is 21.8 Å². The van der Waals surface area contributed by atoms with Crippen LogP contribution in [-0.4, -0.2) is 45.8 Å². The van der Waals surface area contributed by atoms with Crippen molar-refractivity contribution in [3.63, 3.8) is 0 Å². The minimum absolute atomic E-state index is 0. The number of sulfonamides is 1. The summed E-state index contributed by atoms with van der Waals surface area (Å²) in [4.78, 5) is 2.46. The predicted molar refractivity (Wildman–Crippen MR) is 93.6 cm³/mol. The van der Waals surface area contributed by atoms with Crippen LogP contribution in [-0.2, 0) is 16.6 Å². The fraction of sp³-hybridized carbons (Fsp3) is 0.625. The number of rotatable bonds is 5. The van der Waals surface area contributed by atoms with E-state index in [0.717, 1.165) is 38.2 Å². The van der Waals surface area contributed by atoms with Crippen molar-refractivity contribution >= 4 is 22.4 Å². The fourth-order valence-corrected chi connectivity index (χ4v) is 4.67. The lowest BCUT2D eigenvalue weighted by molar-refractivity contribution is 0.101. The molecule has 1 N–H and O–H groups in total. The van der Waals surface area contributed by atoms with Gasteiger partial charge in [0.15, 0.2) is 0 Å². The van der Waals surface area contributed by atoms with Gasteiger partial charge in [-0.05, 0) is 48.9 Å². The average Bonchev–Trinajstić information content (AvgIpc) is 2.81. The number of ether oxygens (including phenoxy) is 1. The maximum Gasteiger partial charge on any atom is 0.208 e. The molecule has 1 aliphatic heterocycles. The first-order valence-electron chi connectivity index (χ1n) is 7.70. The molecule has 130 valence electrons. The van der Waals surface area contributed by atoms with E-state index in [9.17, 15) is 8.42 Å². The van der Waals surface area contributed by atoms with Gasteiger partial charge in [-0.2, -0.15) is 0 Å². The highest BCUT2D eigenvalue weighted by molar-refractivity contribution is 7.88. The van der Waals surface area contributed by atoms with E-state index < -0.39 is 10.0 Å². The summed E-state index contributed by atoms with van der Waals surface area (Å²) in [5.74, 6) is 0.896. The largest absolute Gasteiger partial charge is 0.497 e. The van der Waals surface area contributed by atoms with Crippen LogP contribution in [0.1, 0.15) is 24.8 Å². The molecule has 3 rings (SSSR count). The van der Waals surface area contributed by atoms with Gasteiger partial charge < -0.3 is 4.74 Å². The zero-order valence-electron chi connectivity index (χ0n) is 13.6. The van der Waals surface area contributed by atoms with Gasteiger partial charge in [-0.25, -0.2) is 13.1 Å². The summed E-state index contributed by atoms with van der Waals surface area (Å²) >= 11 is 0. The van der Waals surface area contributed by atoms with E-state index in [-0.39, 0.29) is 18.4 Å². The molecule has 1 aliphatic carbocycles. The van der Waals surface area contributed by atoms with Crippen LogP contribution in [0.3, 0.4) is 0 Å². The molecule has 2 fully saturated rings. The second-order valence-electron chi connectivity index (χ2n) is 6.81. The van der Waals surface area contributed by atoms with Crippen LogP contribution in [0.15, 0.2) is 24.3 Å². The number of hydrogen-bond donors (Lipinski definition) is 1. The van der Waals surface area contributed by atoms with Crippen molar-refractivity contribution in [2.75, 3.05) is 26.5 Å². The van der Waals surface area contributed by atoms with Gasteiger partial charge >= 0.3 is 0 Å². The topological polar surface area (TPSA) is 58.6 Å². The van der Waals surface area contributed by atoms with E-state index in [4.69, 9.17) is 4.74 Å². The third kappa shape index (κ3) is 4.59. The van der Waals surface area contributed by atoms with E-state index in [1.807, 2.05) is 12.1 Å². The van der Waals surface area contributed by atoms with E-state index >= 15 is 0 Å². The molecule has 0 aromatic heterocycles. The number of methoxy groups -OCH3 is 1. The van der Waals surface area contributed by atoms with Crippen molar-refractivity contribution in [2.45, 2.75) is 31.8 Å². The van der Waals surface area contributed by atoms with Gasteiger partial charge in [-0.1, -0.05) is 12.1 Å². The third-order valence-corrected chi connectivity index (χ3v) is 5.56. The van der Waals surface area contributed by atoms with Crippen molar-refractivity contribution in [1.82, 2.24) is 9.62 Å². The van der Waals surface area contributed by atoms with Crippen LogP contribution in [0.2, 0.25) is 0 Å². The lowest BCUT2D eigenvalue weighted by Gasteiger charge is -2.45. The molecule has 1 aromatic carbocycles. The summed E-state index contributed by atoms with van der Waals surface area (Å²) in [5, 5.41) is 0. The van der Waals surface area contributed by atoms with Crippen molar-refractivity contribution in [3.8, 4) is 5.75 Å². The highest BCUT2D eigenvalue weighted by Crippen LogP contribution is 2.48. The zero-order valence-corrected chi connectivity index (χ0v) is 15.3. The Labute approximate surface area is 144 Å². The van der Waals surface area contributed by atoms with Crippen LogP contribution in [0.4, 0.5) is 0 Å². The quantitative estimate of drug-likeness (QED) is 0.872. The molecule has 1 saturated carbocycles. The second kappa shape index (κ2) is 6.97. The highest BCUT2D eigenvalue weighted by atomic mass is 35.5. The Bertz CT molecular complexity index is 644. The van der Waals surface area contributed by atoms with Crippen molar-refractivity contribution in [2.24, 2.45) is 5.41 Å². The van der Waals surface area contributed by atoms with E-state index in [1.165, 1.54) is 18.2 Å². The average molecular weight is 361 g/mol. The van der Waals surface area contributed by atoms with Gasteiger partial charge in [0.1, 0.15) is 5.75 Å². The minimum atomic E-state index is -3.08. The molecule has 2 aliphatic rings. The number of likely N-dealkylation sites (tertiary alicyclic amines) is 1. The Morgan fingerprint density at radius 3 is 2.78 bits per heavy atom. The molecule has 23 heavy (non-hydrogen) atoms. The number of benzene rings is 1. The first kappa shape index (κ1) is 18.5. The number of nitrogens with one attached hydrogen (secondary N) is 1. The molecule has 0 radical (unpaired) electrons. The van der Waals surface area contributed by atoms with E-state index in [1.54, 1.807) is 7.11 Å². The van der Waals surface area contributed by atoms with Gasteiger partial charge in [0.25, 0.3) is 0 Å². The molecule has 7 heteroatoms. The van der Waals surface area contributed by atoms with Gasteiger partial charge in [-0.3, -0.25) is 4.90 Å². The molecule has 0 amide bonds. The molecule has 5 nitrogen and oxygen atoms in total. The monoisotopic (exact) mass is 360 g/mol. The Kier molecular flexibility index (Phi) is 5.61. The smallest absolute Gasteiger partial charge is 0.208 e. The zero-order chi connectivity index (χ0) is 15.8. The van der Waals surface area contributed by atoms with Crippen LogP contribution in [0.25, 0.3) is 0 Å². The molecule has 0 atom stereocenters. The molecule has 0 unspecified atom stereocenters. The number of halogens is 1. The standard InChI is InChI=1S/C16H24N2O3S.ClH/c1-21-15-5-3-4-13(8-15)11-18-7-6-16(12-18)9-14(10-16)17-22(2,19)20;/h3-5,8,14,17H,6-7,9-12H2,1-2H3;1H. The van der Waals surface area contributed by atoms with Gasteiger partial charge in [0.05, 0.1) is 13.4 Å². The second-order valence-corrected chi connectivity index (χ2v) is 8.59. The highest BCUT2D eigenvalue weighted by Gasteiger charge is 2.48. The van der Waals surface area contributed by atoms with Crippen LogP contribution < -0.4 is 9.46 Å². The minimum Gasteiger partial charge on any atom is -0.497 e. The summed E-state index contributed by atoms with van der Waals surface area (Å²) in [6.45, 7) is 3.08. The molecule has 1 aromatic rings. The normalized spacial score (nSPS) is 27.5. The number of hydrogen-bond acceptors (Lipinski definition) is 4. The lowest BCUT2D eigenvalue weighted by atomic mass is 9.65. The summed E-state index contributed by atoms with van der Waals surface area (Å²) < 4.78 is 30.5. The van der Waals surface area contributed by atoms with Crippen molar-refractivity contribution in [3.05, 3.63) is 29.8 Å². The lowest BCUT2D eigenvalue weighted by Crippen LogP contribution is -2.51. The maximum atomic E-state index is 11.3. The summed E-state index contributed by atoms with van der Waals surface area (Å²) in [5.41, 5.74) is 1.59. The molecule has 1 saturated heterocycles. The van der Waals surface area contributed by atoms with Crippen molar-refractivity contribution in [1.29, 1.82) is 0 Å². The van der Waals surface area contributed by atoms with Crippen LogP contribution in [0, 0.1) is 5.41 Å². The fourth-order valence-electron chi connectivity index (χ4n) is 3.90. The Morgan fingerprint density at radius 1 is 1.39 bits per heavy atom. The van der Waals surface area contributed by atoms with Gasteiger partial charge in [0, 0.05) is 19.1 Å². The summed E-state index contributed by atoms with van der Waals surface area (Å²) in [7, 11) is -1.39. The van der Waals surface area contributed by atoms with Gasteiger partial charge in [0.2, 0.25) is 10.0 Å². The molecular formula is C16H25ClN2O3S. The Morgan fingerprint density at radius 2 is 2.13 bits per heavy atom. The summed E-state index contributed by atoms with van der Waals surface area (Å²) in [6, 6.07) is 8.33. The van der Waals surface area contributed by atoms with Crippen LogP contribution >= 0.6 is 12.4 Å². The molecular weight excluding hydrogens is 336 g/mol. The van der Waals surface area contributed by atoms with Crippen LogP contribution in [0.5, 0.6) is 5.75 Å². The third-order valence-electron chi connectivity index (χ3n) is 4.80. The Hall–Kier alpha value is -0.820. The van der Waals surface area contributed by atoms with E-state index in [0.29, 0.717) is 5.41 Å². The first-order valence-corrected chi connectivity index (χ1v) is 9.59. The molecule has 1 heterocycles. The summed E-state index contributed by atoms with van der Waals surface area (Å²) in [6.07, 6.45) is 4.34. The predicted octanol–water partition coefficient (Wildman–Crippen LogP) is 2.02.